The van der Waals surface area contributed by atoms with E-state index in [1.165, 1.54) is 23.3 Å². The molecule has 3 fully saturated rings. The minimum Gasteiger partial charge on any atom is -0.441 e. The molecule has 1 amide bonds. The number of carbonyl (C=O) groups excluding carboxylic acids is 1. The Kier molecular flexibility index (Phi) is 5.79. The number of benzene rings is 3. The molecule has 0 aromatic heterocycles. The van der Waals surface area contributed by atoms with E-state index in [0.717, 1.165) is 67.7 Å². The van der Waals surface area contributed by atoms with E-state index in [0.29, 0.717) is 12.5 Å². The lowest BCUT2D eigenvalue weighted by atomic mass is 9.89. The van der Waals surface area contributed by atoms with E-state index in [9.17, 15) is 13.6 Å². The fourth-order valence-electron chi connectivity index (χ4n) is 5.81. The highest BCUT2D eigenvalue weighted by molar-refractivity contribution is 5.90. The molecule has 2 aliphatic heterocycles. The zero-order valence-electron chi connectivity index (χ0n) is 20.5. The Bertz CT molecular complexity index is 1300. The summed E-state index contributed by atoms with van der Waals surface area (Å²) in [6, 6.07) is 18.4. The van der Waals surface area contributed by atoms with Gasteiger partial charge in [0.25, 0.3) is 0 Å². The number of amides is 1. The molecular weight excluding hydrogens is 458 g/mol. The lowest BCUT2D eigenvalue weighted by Gasteiger charge is -2.37. The Labute approximate surface area is 210 Å². The van der Waals surface area contributed by atoms with Crippen LogP contribution in [0.15, 0.2) is 60.7 Å². The second kappa shape index (κ2) is 9.00. The van der Waals surface area contributed by atoms with Crippen LogP contribution in [0.25, 0.3) is 11.1 Å². The Morgan fingerprint density at radius 2 is 1.72 bits per heavy atom. The van der Waals surface area contributed by atoms with Crippen LogP contribution >= 0.6 is 0 Å². The number of ether oxygens (including phenoxy) is 1. The maximum absolute atomic E-state index is 14.0. The Morgan fingerprint density at radius 1 is 0.972 bits per heavy atom. The molecule has 0 radical (unpaired) electrons. The summed E-state index contributed by atoms with van der Waals surface area (Å²) in [5, 5.41) is 0. The van der Waals surface area contributed by atoms with E-state index in [1.54, 1.807) is 11.0 Å². The van der Waals surface area contributed by atoms with Crippen molar-refractivity contribution in [2.24, 2.45) is 0 Å². The quantitative estimate of drug-likeness (QED) is 0.396. The van der Waals surface area contributed by atoms with E-state index in [1.807, 2.05) is 30.3 Å². The summed E-state index contributed by atoms with van der Waals surface area (Å²) in [5.41, 5.74) is 5.82. The second-order valence-electron chi connectivity index (χ2n) is 10.5. The van der Waals surface area contributed by atoms with Crippen molar-refractivity contribution in [3.05, 3.63) is 89.0 Å². The van der Waals surface area contributed by atoms with Gasteiger partial charge >= 0.3 is 6.09 Å². The third-order valence-electron chi connectivity index (χ3n) is 7.86. The van der Waals surface area contributed by atoms with Crippen molar-refractivity contribution in [1.29, 1.82) is 0 Å². The van der Waals surface area contributed by atoms with E-state index in [2.05, 4.69) is 24.0 Å². The van der Waals surface area contributed by atoms with Crippen LogP contribution in [0.2, 0.25) is 0 Å². The van der Waals surface area contributed by atoms with Crippen molar-refractivity contribution >= 4 is 11.8 Å². The van der Waals surface area contributed by atoms with Crippen molar-refractivity contribution in [2.45, 2.75) is 50.7 Å². The van der Waals surface area contributed by atoms with E-state index >= 15 is 0 Å². The summed E-state index contributed by atoms with van der Waals surface area (Å²) in [4.78, 5) is 16.8. The molecule has 186 valence electrons. The highest BCUT2D eigenvalue weighted by Crippen LogP contribution is 2.46. The number of para-hydroxylation sites is 1. The molecule has 6 heteroatoms. The van der Waals surface area contributed by atoms with Gasteiger partial charge in [0.1, 0.15) is 5.60 Å². The number of rotatable bonds is 5. The molecule has 0 atom stereocenters. The molecule has 3 aromatic rings. The molecule has 1 spiro atoms. The zero-order chi connectivity index (χ0) is 24.9. The molecule has 0 unspecified atom stereocenters. The monoisotopic (exact) mass is 488 g/mol. The maximum Gasteiger partial charge on any atom is 0.415 e. The van der Waals surface area contributed by atoms with Gasteiger partial charge in [0.15, 0.2) is 11.6 Å². The Hall–Kier alpha value is -3.25. The molecule has 1 saturated carbocycles. The number of hydrogen-bond donors (Lipinski definition) is 0. The van der Waals surface area contributed by atoms with E-state index < -0.39 is 17.2 Å². The first kappa shape index (κ1) is 23.2. The standard InChI is InChI=1S/C30H30F2N2O2/c1-20-15-21(16-25(22-7-8-22)28(20)23-9-10-26(31)27(32)17-23)18-33-13-11-30(12-14-33)19-34(29(35)36-30)24-5-3-2-4-6-24/h2-6,9-10,15-17,22H,7-8,11-14,18-19H2,1H3. The number of aryl methyl sites for hydroxylation is 1. The van der Waals surface area contributed by atoms with Crippen molar-refractivity contribution in [1.82, 2.24) is 4.90 Å². The molecule has 2 saturated heterocycles. The molecule has 2 heterocycles. The van der Waals surface area contributed by atoms with E-state index in [4.69, 9.17) is 4.74 Å². The van der Waals surface area contributed by atoms with Gasteiger partial charge in [-0.05, 0) is 77.8 Å². The normalized spacial score (nSPS) is 19.6. The minimum atomic E-state index is -0.816. The van der Waals surface area contributed by atoms with Gasteiger partial charge in [-0.3, -0.25) is 9.80 Å². The van der Waals surface area contributed by atoms with Crippen LogP contribution in [0.4, 0.5) is 19.3 Å². The summed E-state index contributed by atoms with van der Waals surface area (Å²) >= 11 is 0. The average molecular weight is 489 g/mol. The number of halogens is 2. The van der Waals surface area contributed by atoms with Gasteiger partial charge in [-0.2, -0.15) is 0 Å². The van der Waals surface area contributed by atoms with E-state index in [-0.39, 0.29) is 6.09 Å². The summed E-state index contributed by atoms with van der Waals surface area (Å²) in [6.45, 7) is 5.20. The predicted octanol–water partition coefficient (Wildman–Crippen LogP) is 6.81. The summed E-state index contributed by atoms with van der Waals surface area (Å²) < 4.78 is 33.4. The SMILES string of the molecule is Cc1cc(CN2CCC3(CC2)CN(c2ccccc2)C(=O)O3)cc(C2CC2)c1-c1ccc(F)c(F)c1. The summed E-state index contributed by atoms with van der Waals surface area (Å²) in [5.74, 6) is -1.14. The fourth-order valence-corrected chi connectivity index (χ4v) is 5.81. The molecule has 4 nitrogen and oxygen atoms in total. The summed E-state index contributed by atoms with van der Waals surface area (Å²) in [6.07, 6.45) is 3.63. The topological polar surface area (TPSA) is 32.8 Å². The number of hydrogen-bond acceptors (Lipinski definition) is 3. The zero-order valence-corrected chi connectivity index (χ0v) is 20.5. The molecule has 36 heavy (non-hydrogen) atoms. The predicted molar refractivity (Wildman–Crippen MR) is 136 cm³/mol. The minimum absolute atomic E-state index is 0.257. The van der Waals surface area contributed by atoms with Gasteiger partial charge in [0.2, 0.25) is 0 Å². The third-order valence-corrected chi connectivity index (χ3v) is 7.86. The first-order chi connectivity index (χ1) is 17.4. The maximum atomic E-state index is 14.0. The average Bonchev–Trinajstić information content (AvgIpc) is 3.67. The molecule has 0 N–H and O–H groups in total. The van der Waals surface area contributed by atoms with Gasteiger partial charge < -0.3 is 4.74 Å². The third kappa shape index (κ3) is 4.39. The number of nitrogens with zero attached hydrogens (tertiary/aromatic N) is 2. The molecule has 3 aliphatic rings. The van der Waals surface area contributed by atoms with Gasteiger partial charge in [0.05, 0.1) is 6.54 Å². The van der Waals surface area contributed by atoms with Crippen LogP contribution in [0.1, 0.15) is 48.3 Å². The van der Waals surface area contributed by atoms with Crippen molar-refractivity contribution < 1.29 is 18.3 Å². The van der Waals surface area contributed by atoms with Crippen LogP contribution in [0, 0.1) is 18.6 Å². The largest absolute Gasteiger partial charge is 0.441 e. The number of anilines is 1. The fraction of sp³-hybridized carbons (Fsp3) is 0.367. The molecule has 0 bridgehead atoms. The number of likely N-dealkylation sites (tertiary alicyclic amines) is 1. The van der Waals surface area contributed by atoms with Gasteiger partial charge in [-0.25, -0.2) is 13.6 Å². The van der Waals surface area contributed by atoms with Gasteiger partial charge in [0, 0.05) is 38.2 Å². The number of carbonyl (C=O) groups is 1. The van der Waals surface area contributed by atoms with Gasteiger partial charge in [-0.15, -0.1) is 0 Å². The lowest BCUT2D eigenvalue weighted by Crippen LogP contribution is -2.46. The van der Waals surface area contributed by atoms with Crippen LogP contribution in [-0.2, 0) is 11.3 Å². The van der Waals surface area contributed by atoms with Crippen molar-refractivity contribution in [3.63, 3.8) is 0 Å². The van der Waals surface area contributed by atoms with Gasteiger partial charge in [-0.1, -0.05) is 36.4 Å². The molecule has 1 aliphatic carbocycles. The van der Waals surface area contributed by atoms with Crippen LogP contribution < -0.4 is 4.90 Å². The summed E-state index contributed by atoms with van der Waals surface area (Å²) in [7, 11) is 0. The molecular formula is C30H30F2N2O2. The first-order valence-corrected chi connectivity index (χ1v) is 12.8. The van der Waals surface area contributed by atoms with Crippen molar-refractivity contribution in [3.8, 4) is 11.1 Å². The first-order valence-electron chi connectivity index (χ1n) is 12.8. The highest BCUT2D eigenvalue weighted by atomic mass is 19.2. The Morgan fingerprint density at radius 3 is 2.42 bits per heavy atom. The van der Waals surface area contributed by atoms with Crippen molar-refractivity contribution in [2.75, 3.05) is 24.5 Å². The van der Waals surface area contributed by atoms with Crippen LogP contribution in [-0.4, -0.2) is 36.2 Å². The van der Waals surface area contributed by atoms with Crippen LogP contribution in [0.3, 0.4) is 0 Å². The highest BCUT2D eigenvalue weighted by Gasteiger charge is 2.47. The lowest BCUT2D eigenvalue weighted by molar-refractivity contribution is -0.000979. The smallest absolute Gasteiger partial charge is 0.415 e. The Balaban J connectivity index is 1.17. The number of piperidine rings is 1. The molecule has 3 aromatic carbocycles. The second-order valence-corrected chi connectivity index (χ2v) is 10.5. The molecule has 6 rings (SSSR count). The van der Waals surface area contributed by atoms with Crippen LogP contribution in [0.5, 0.6) is 0 Å².